The quantitative estimate of drug-likeness (QED) is 0.749. The lowest BCUT2D eigenvalue weighted by Crippen LogP contribution is -1.91. The summed E-state index contributed by atoms with van der Waals surface area (Å²) in [5.74, 6) is 2.28. The number of benzene rings is 1. The smallest absolute Gasteiger partial charge is 0.118 e. The number of hydrogen-bond acceptors (Lipinski definition) is 1. The molecule has 1 aromatic rings. The van der Waals surface area contributed by atoms with E-state index in [0.29, 0.717) is 5.92 Å². The molecule has 3 rings (SSSR count). The second-order valence-electron chi connectivity index (χ2n) is 5.07. The van der Waals surface area contributed by atoms with E-state index < -0.39 is 0 Å². The van der Waals surface area contributed by atoms with Gasteiger partial charge in [-0.1, -0.05) is 48.1 Å². The highest BCUT2D eigenvalue weighted by Crippen LogP contribution is 2.40. The Morgan fingerprint density at radius 3 is 2.67 bits per heavy atom. The van der Waals surface area contributed by atoms with Gasteiger partial charge in [-0.05, 0) is 42.4 Å². The molecule has 0 saturated heterocycles. The summed E-state index contributed by atoms with van der Waals surface area (Å²) in [6, 6.07) is 8.30. The summed E-state index contributed by atoms with van der Waals surface area (Å²) in [5.41, 5.74) is 2.83. The van der Waals surface area contributed by atoms with Crippen LogP contribution in [-0.2, 0) is 0 Å². The van der Waals surface area contributed by atoms with Crippen molar-refractivity contribution in [1.82, 2.24) is 0 Å². The van der Waals surface area contributed by atoms with Gasteiger partial charge in [0.15, 0.2) is 0 Å². The fourth-order valence-corrected chi connectivity index (χ4v) is 2.86. The molecule has 0 N–H and O–H groups in total. The van der Waals surface area contributed by atoms with Gasteiger partial charge in [-0.15, -0.1) is 0 Å². The Balaban J connectivity index is 1.83. The minimum atomic E-state index is 0.632. The molecule has 0 unspecified atom stereocenters. The van der Waals surface area contributed by atoms with Crippen LogP contribution in [-0.4, -0.2) is 7.11 Å². The third kappa shape index (κ3) is 2.26. The molecule has 2 bridgehead atoms. The van der Waals surface area contributed by atoms with E-state index in [1.54, 1.807) is 12.7 Å². The molecule has 1 saturated carbocycles. The summed E-state index contributed by atoms with van der Waals surface area (Å²) >= 11 is 0. The molecule has 2 aliphatic carbocycles. The lowest BCUT2D eigenvalue weighted by Gasteiger charge is -2.07. The van der Waals surface area contributed by atoms with Crippen molar-refractivity contribution in [2.24, 2.45) is 11.8 Å². The normalized spacial score (nSPS) is 27.5. The van der Waals surface area contributed by atoms with Crippen molar-refractivity contribution in [2.45, 2.75) is 12.8 Å². The number of ether oxygens (including phenoxy) is 1. The number of methoxy groups -OCH3 is 1. The van der Waals surface area contributed by atoms with Gasteiger partial charge in [-0.3, -0.25) is 0 Å². The van der Waals surface area contributed by atoms with Crippen molar-refractivity contribution >= 4 is 6.08 Å². The molecule has 2 aliphatic rings. The molecule has 0 aliphatic heterocycles. The van der Waals surface area contributed by atoms with E-state index in [1.807, 2.05) is 12.1 Å². The summed E-state index contributed by atoms with van der Waals surface area (Å²) in [4.78, 5) is 0. The highest BCUT2D eigenvalue weighted by Gasteiger charge is 2.26. The van der Waals surface area contributed by atoms with Gasteiger partial charge >= 0.3 is 0 Å². The maximum absolute atomic E-state index is 5.18. The van der Waals surface area contributed by atoms with Crippen molar-refractivity contribution < 1.29 is 4.74 Å². The van der Waals surface area contributed by atoms with Gasteiger partial charge in [0.1, 0.15) is 5.75 Å². The average molecular weight is 238 g/mol. The molecule has 1 nitrogen and oxygen atoms in total. The minimum absolute atomic E-state index is 0.632. The lowest BCUT2D eigenvalue weighted by atomic mass is 9.99. The SMILES string of the molecule is COc1ccc(/C=C2\C[C@H]3C=CC=C[C@@H]2C3)cc1. The Bertz CT molecular complexity index is 505. The van der Waals surface area contributed by atoms with Gasteiger partial charge < -0.3 is 4.74 Å². The molecule has 0 spiro atoms. The molecule has 0 aromatic heterocycles. The van der Waals surface area contributed by atoms with Gasteiger partial charge in [0.2, 0.25) is 0 Å². The van der Waals surface area contributed by atoms with E-state index in [2.05, 4.69) is 42.5 Å². The second-order valence-corrected chi connectivity index (χ2v) is 5.07. The van der Waals surface area contributed by atoms with E-state index in [1.165, 1.54) is 18.4 Å². The van der Waals surface area contributed by atoms with Crippen molar-refractivity contribution in [3.63, 3.8) is 0 Å². The third-order valence-electron chi connectivity index (χ3n) is 3.84. The number of hydrogen-bond donors (Lipinski definition) is 0. The zero-order valence-corrected chi connectivity index (χ0v) is 10.7. The molecule has 18 heavy (non-hydrogen) atoms. The zero-order valence-electron chi connectivity index (χ0n) is 10.7. The molecule has 2 atom stereocenters. The van der Waals surface area contributed by atoms with Gasteiger partial charge in [-0.25, -0.2) is 0 Å². The van der Waals surface area contributed by atoms with E-state index in [-0.39, 0.29) is 0 Å². The zero-order chi connectivity index (χ0) is 12.4. The van der Waals surface area contributed by atoms with E-state index in [4.69, 9.17) is 4.74 Å². The van der Waals surface area contributed by atoms with Crippen LogP contribution in [0.2, 0.25) is 0 Å². The molecule has 1 aromatic carbocycles. The highest BCUT2D eigenvalue weighted by atomic mass is 16.5. The maximum atomic E-state index is 5.18. The van der Waals surface area contributed by atoms with Crippen molar-refractivity contribution in [3.05, 3.63) is 59.7 Å². The maximum Gasteiger partial charge on any atom is 0.118 e. The van der Waals surface area contributed by atoms with Crippen molar-refractivity contribution in [3.8, 4) is 5.75 Å². The summed E-state index contributed by atoms with van der Waals surface area (Å²) in [7, 11) is 1.70. The molecule has 0 amide bonds. The third-order valence-corrected chi connectivity index (χ3v) is 3.84. The van der Waals surface area contributed by atoms with Gasteiger partial charge in [0.05, 0.1) is 7.11 Å². The summed E-state index contributed by atoms with van der Waals surface area (Å²) < 4.78 is 5.18. The topological polar surface area (TPSA) is 9.23 Å². The Kier molecular flexibility index (Phi) is 3.06. The van der Waals surface area contributed by atoms with Crippen LogP contribution in [0.1, 0.15) is 18.4 Å². The first-order chi connectivity index (χ1) is 8.85. The molecule has 1 fully saturated rings. The first-order valence-corrected chi connectivity index (χ1v) is 6.54. The monoisotopic (exact) mass is 238 g/mol. The first-order valence-electron chi connectivity index (χ1n) is 6.54. The Hall–Kier alpha value is -1.76. The molecule has 0 heterocycles. The van der Waals surface area contributed by atoms with Crippen LogP contribution in [0.15, 0.2) is 54.1 Å². The Morgan fingerprint density at radius 1 is 1.11 bits per heavy atom. The van der Waals surface area contributed by atoms with E-state index in [0.717, 1.165) is 11.7 Å². The fourth-order valence-electron chi connectivity index (χ4n) is 2.86. The second kappa shape index (κ2) is 4.85. The average Bonchev–Trinajstić information content (AvgIpc) is 2.61. The summed E-state index contributed by atoms with van der Waals surface area (Å²) in [6.45, 7) is 0. The van der Waals surface area contributed by atoms with Gasteiger partial charge in [-0.2, -0.15) is 0 Å². The molecule has 0 radical (unpaired) electrons. The Morgan fingerprint density at radius 2 is 1.89 bits per heavy atom. The van der Waals surface area contributed by atoms with Crippen LogP contribution in [0.4, 0.5) is 0 Å². The number of allylic oxidation sites excluding steroid dienone is 5. The molecular weight excluding hydrogens is 220 g/mol. The first kappa shape index (κ1) is 11.3. The molecule has 1 heteroatoms. The van der Waals surface area contributed by atoms with Gasteiger partial charge in [0, 0.05) is 0 Å². The van der Waals surface area contributed by atoms with E-state index >= 15 is 0 Å². The van der Waals surface area contributed by atoms with Crippen LogP contribution in [0, 0.1) is 11.8 Å². The van der Waals surface area contributed by atoms with Crippen LogP contribution in [0.3, 0.4) is 0 Å². The van der Waals surface area contributed by atoms with Crippen molar-refractivity contribution in [1.29, 1.82) is 0 Å². The van der Waals surface area contributed by atoms with Crippen LogP contribution < -0.4 is 4.74 Å². The molecule has 92 valence electrons. The number of rotatable bonds is 2. The van der Waals surface area contributed by atoms with Crippen LogP contribution in [0.5, 0.6) is 5.75 Å². The standard InChI is InChI=1S/C17H18O/c1-18-17-8-6-13(7-9-17)10-16-12-14-4-2-3-5-15(16)11-14/h2-10,14-15H,11-12H2,1H3/b16-10+/t14-,15+/m0/s1. The van der Waals surface area contributed by atoms with Crippen molar-refractivity contribution in [2.75, 3.05) is 7.11 Å². The van der Waals surface area contributed by atoms with Gasteiger partial charge in [0.25, 0.3) is 0 Å². The highest BCUT2D eigenvalue weighted by molar-refractivity contribution is 5.56. The van der Waals surface area contributed by atoms with E-state index in [9.17, 15) is 0 Å². The lowest BCUT2D eigenvalue weighted by molar-refractivity contribution is 0.415. The minimum Gasteiger partial charge on any atom is -0.497 e. The predicted octanol–water partition coefficient (Wildman–Crippen LogP) is 4.23. The van der Waals surface area contributed by atoms with Crippen LogP contribution >= 0.6 is 0 Å². The largest absolute Gasteiger partial charge is 0.497 e. The number of fused-ring (bicyclic) bond motifs is 2. The predicted molar refractivity (Wildman–Crippen MR) is 75.5 cm³/mol. The molecular formula is C17H18O. The summed E-state index contributed by atoms with van der Waals surface area (Å²) in [5, 5.41) is 0. The summed E-state index contributed by atoms with van der Waals surface area (Å²) in [6.07, 6.45) is 13.9. The fraction of sp³-hybridized carbons (Fsp3) is 0.294. The van der Waals surface area contributed by atoms with Crippen LogP contribution in [0.25, 0.3) is 6.08 Å². The Labute approximate surface area is 108 Å².